The van der Waals surface area contributed by atoms with Gasteiger partial charge in [0.1, 0.15) is 5.82 Å². The lowest BCUT2D eigenvalue weighted by molar-refractivity contribution is 0.907. The Kier molecular flexibility index (Phi) is 2.87. The van der Waals surface area contributed by atoms with Crippen LogP contribution in [0.2, 0.25) is 5.28 Å². The Morgan fingerprint density at radius 2 is 2.07 bits per heavy atom. The lowest BCUT2D eigenvalue weighted by Gasteiger charge is -2.16. The molecule has 1 aromatic heterocycles. The molecular weight excluding hydrogens is 198 g/mol. The molecule has 1 saturated heterocycles. The fourth-order valence-corrected chi connectivity index (χ4v) is 1.94. The van der Waals surface area contributed by atoms with Gasteiger partial charge in [-0.3, -0.25) is 0 Å². The van der Waals surface area contributed by atoms with Crippen LogP contribution in [0.25, 0.3) is 0 Å². The first-order chi connectivity index (χ1) is 6.79. The first-order valence-corrected chi connectivity index (χ1v) is 5.46. The first-order valence-electron chi connectivity index (χ1n) is 5.08. The molecule has 0 aliphatic carbocycles. The van der Waals surface area contributed by atoms with Gasteiger partial charge in [0.2, 0.25) is 5.28 Å². The minimum Gasteiger partial charge on any atom is -0.356 e. The zero-order valence-corrected chi connectivity index (χ0v) is 9.09. The van der Waals surface area contributed by atoms with E-state index in [0.717, 1.165) is 31.0 Å². The van der Waals surface area contributed by atoms with Crippen molar-refractivity contribution in [1.29, 1.82) is 0 Å². The van der Waals surface area contributed by atoms with Crippen molar-refractivity contribution in [1.82, 2.24) is 9.97 Å². The van der Waals surface area contributed by atoms with Crippen LogP contribution in [0.4, 0.5) is 5.82 Å². The number of hydrogen-bond donors (Lipinski definition) is 0. The summed E-state index contributed by atoms with van der Waals surface area (Å²) >= 11 is 5.86. The summed E-state index contributed by atoms with van der Waals surface area (Å²) < 4.78 is 0. The summed E-state index contributed by atoms with van der Waals surface area (Å²) in [5.41, 5.74) is 1.02. The number of anilines is 1. The van der Waals surface area contributed by atoms with Crippen molar-refractivity contribution in [2.75, 3.05) is 18.0 Å². The summed E-state index contributed by atoms with van der Waals surface area (Å²) in [7, 11) is 0. The van der Waals surface area contributed by atoms with Crippen molar-refractivity contribution in [3.8, 4) is 0 Å². The average molecular weight is 212 g/mol. The van der Waals surface area contributed by atoms with Crippen molar-refractivity contribution in [3.63, 3.8) is 0 Å². The number of rotatable bonds is 2. The summed E-state index contributed by atoms with van der Waals surface area (Å²) in [6.45, 7) is 4.26. The Balaban J connectivity index is 2.27. The molecule has 4 heteroatoms. The van der Waals surface area contributed by atoms with E-state index in [1.165, 1.54) is 12.8 Å². The van der Waals surface area contributed by atoms with E-state index < -0.39 is 0 Å². The Bertz CT molecular complexity index is 321. The summed E-state index contributed by atoms with van der Waals surface area (Å²) in [5, 5.41) is 0.367. The minimum absolute atomic E-state index is 0.367. The van der Waals surface area contributed by atoms with Gasteiger partial charge >= 0.3 is 0 Å². The molecular formula is C10H14ClN3. The summed E-state index contributed by atoms with van der Waals surface area (Å²) in [4.78, 5) is 10.7. The maximum absolute atomic E-state index is 5.86. The molecule has 14 heavy (non-hydrogen) atoms. The Hall–Kier alpha value is -0.830. The van der Waals surface area contributed by atoms with E-state index in [0.29, 0.717) is 5.28 Å². The van der Waals surface area contributed by atoms with E-state index in [9.17, 15) is 0 Å². The van der Waals surface area contributed by atoms with Crippen LogP contribution in [0, 0.1) is 0 Å². The van der Waals surface area contributed by atoms with Crippen molar-refractivity contribution in [2.24, 2.45) is 0 Å². The second-order valence-corrected chi connectivity index (χ2v) is 3.87. The molecule has 0 radical (unpaired) electrons. The first kappa shape index (κ1) is 9.71. The third-order valence-corrected chi connectivity index (χ3v) is 2.70. The predicted molar refractivity (Wildman–Crippen MR) is 57.9 cm³/mol. The van der Waals surface area contributed by atoms with Gasteiger partial charge in [0.05, 0.1) is 0 Å². The van der Waals surface area contributed by atoms with Crippen LogP contribution in [0.15, 0.2) is 6.07 Å². The Morgan fingerprint density at radius 1 is 1.36 bits per heavy atom. The molecule has 0 aromatic carbocycles. The van der Waals surface area contributed by atoms with Crippen molar-refractivity contribution in [3.05, 3.63) is 17.0 Å². The van der Waals surface area contributed by atoms with E-state index in [1.807, 2.05) is 6.07 Å². The summed E-state index contributed by atoms with van der Waals surface area (Å²) in [5.74, 6) is 0.986. The van der Waals surface area contributed by atoms with Crippen LogP contribution < -0.4 is 4.90 Å². The maximum Gasteiger partial charge on any atom is 0.224 e. The normalized spacial score (nSPS) is 16.3. The Labute approximate surface area is 89.1 Å². The third kappa shape index (κ3) is 1.98. The lowest BCUT2D eigenvalue weighted by atomic mass is 10.3. The predicted octanol–water partition coefficient (Wildman–Crippen LogP) is 2.29. The van der Waals surface area contributed by atoms with Gasteiger partial charge in [-0.2, -0.15) is 0 Å². The number of halogens is 1. The van der Waals surface area contributed by atoms with Gasteiger partial charge < -0.3 is 4.90 Å². The molecule has 2 rings (SSSR count). The van der Waals surface area contributed by atoms with Crippen LogP contribution in [0.1, 0.15) is 25.5 Å². The van der Waals surface area contributed by atoms with Gasteiger partial charge in [-0.1, -0.05) is 6.92 Å². The molecule has 0 amide bonds. The standard InChI is InChI=1S/C10H14ClN3/c1-2-8-7-9(13-10(11)12-8)14-5-3-4-6-14/h7H,2-6H2,1H3. The van der Waals surface area contributed by atoms with E-state index in [2.05, 4.69) is 21.8 Å². The van der Waals surface area contributed by atoms with Crippen LogP contribution in [-0.2, 0) is 6.42 Å². The van der Waals surface area contributed by atoms with Crippen molar-refractivity contribution >= 4 is 17.4 Å². The topological polar surface area (TPSA) is 29.0 Å². The average Bonchev–Trinajstić information content (AvgIpc) is 2.69. The van der Waals surface area contributed by atoms with Gasteiger partial charge in [-0.05, 0) is 30.9 Å². The SMILES string of the molecule is CCc1cc(N2CCCC2)nc(Cl)n1. The van der Waals surface area contributed by atoms with Gasteiger partial charge in [0.15, 0.2) is 0 Å². The van der Waals surface area contributed by atoms with E-state index in [1.54, 1.807) is 0 Å². The highest BCUT2D eigenvalue weighted by molar-refractivity contribution is 6.28. The van der Waals surface area contributed by atoms with E-state index in [4.69, 9.17) is 11.6 Å². The number of aryl methyl sites for hydroxylation is 1. The molecule has 0 unspecified atom stereocenters. The monoisotopic (exact) mass is 211 g/mol. The van der Waals surface area contributed by atoms with Crippen LogP contribution in [0.3, 0.4) is 0 Å². The third-order valence-electron chi connectivity index (χ3n) is 2.53. The number of hydrogen-bond acceptors (Lipinski definition) is 3. The van der Waals surface area contributed by atoms with Gasteiger partial charge in [-0.25, -0.2) is 9.97 Å². The van der Waals surface area contributed by atoms with E-state index >= 15 is 0 Å². The minimum atomic E-state index is 0.367. The highest BCUT2D eigenvalue weighted by Gasteiger charge is 2.14. The van der Waals surface area contributed by atoms with E-state index in [-0.39, 0.29) is 0 Å². The number of nitrogens with zero attached hydrogens (tertiary/aromatic N) is 3. The van der Waals surface area contributed by atoms with Gasteiger partial charge in [0, 0.05) is 24.8 Å². The van der Waals surface area contributed by atoms with Crippen molar-refractivity contribution < 1.29 is 0 Å². The molecule has 3 nitrogen and oxygen atoms in total. The molecule has 1 fully saturated rings. The zero-order valence-electron chi connectivity index (χ0n) is 8.33. The van der Waals surface area contributed by atoms with Crippen molar-refractivity contribution in [2.45, 2.75) is 26.2 Å². The summed E-state index contributed by atoms with van der Waals surface area (Å²) in [6, 6.07) is 2.04. The fraction of sp³-hybridized carbons (Fsp3) is 0.600. The molecule has 1 aliphatic heterocycles. The smallest absolute Gasteiger partial charge is 0.224 e. The molecule has 2 heterocycles. The van der Waals surface area contributed by atoms with Crippen LogP contribution in [0.5, 0.6) is 0 Å². The highest BCUT2D eigenvalue weighted by atomic mass is 35.5. The zero-order chi connectivity index (χ0) is 9.97. The fourth-order valence-electron chi connectivity index (χ4n) is 1.74. The molecule has 76 valence electrons. The second kappa shape index (κ2) is 4.13. The van der Waals surface area contributed by atoms with Gasteiger partial charge in [0.25, 0.3) is 0 Å². The maximum atomic E-state index is 5.86. The molecule has 0 saturated carbocycles. The Morgan fingerprint density at radius 3 is 2.71 bits per heavy atom. The quantitative estimate of drug-likeness (QED) is 0.703. The molecule has 1 aromatic rings. The molecule has 0 N–H and O–H groups in total. The second-order valence-electron chi connectivity index (χ2n) is 3.53. The number of aromatic nitrogens is 2. The molecule has 0 spiro atoms. The summed E-state index contributed by atoms with van der Waals surface area (Å²) in [6.07, 6.45) is 3.41. The van der Waals surface area contributed by atoms with Crippen LogP contribution >= 0.6 is 11.6 Å². The molecule has 1 aliphatic rings. The molecule has 0 atom stereocenters. The van der Waals surface area contributed by atoms with Gasteiger partial charge in [-0.15, -0.1) is 0 Å². The lowest BCUT2D eigenvalue weighted by Crippen LogP contribution is -2.19. The molecule has 0 bridgehead atoms. The highest BCUT2D eigenvalue weighted by Crippen LogP contribution is 2.20. The largest absolute Gasteiger partial charge is 0.356 e. The van der Waals surface area contributed by atoms with Crippen LogP contribution in [-0.4, -0.2) is 23.1 Å².